The van der Waals surface area contributed by atoms with E-state index in [0.29, 0.717) is 11.3 Å². The Hall–Kier alpha value is -2.34. The lowest BCUT2D eigenvalue weighted by molar-refractivity contribution is 0.299. The molecule has 2 aromatic carbocycles. The fraction of sp³-hybridized carbons (Fsp3) is 0.235. The smallest absolute Gasteiger partial charge is 0.147 e. The topological polar surface area (TPSA) is 33.0 Å². The average Bonchev–Trinajstić information content (AvgIpc) is 2.48. The summed E-state index contributed by atoms with van der Waals surface area (Å²) < 4.78 is 19.4. The predicted molar refractivity (Wildman–Crippen MR) is 75.9 cm³/mol. The van der Waals surface area contributed by atoms with Gasteiger partial charge in [0, 0.05) is 5.56 Å². The fourth-order valence-electron chi connectivity index (χ4n) is 1.98. The Kier molecular flexibility index (Phi) is 4.73. The van der Waals surface area contributed by atoms with Gasteiger partial charge in [-0.05, 0) is 30.2 Å². The van der Waals surface area contributed by atoms with E-state index in [4.69, 9.17) is 10.00 Å². The molecule has 0 atom stereocenters. The molecule has 2 rings (SSSR count). The Morgan fingerprint density at radius 3 is 2.55 bits per heavy atom. The molecule has 0 heterocycles. The van der Waals surface area contributed by atoms with Crippen LogP contribution in [0.2, 0.25) is 0 Å². The summed E-state index contributed by atoms with van der Waals surface area (Å²) in [6.45, 7) is 2.25. The molecule has 0 bridgehead atoms. The first-order chi connectivity index (χ1) is 9.74. The Labute approximate surface area is 118 Å². The molecule has 0 aliphatic heterocycles. The van der Waals surface area contributed by atoms with Gasteiger partial charge in [0.2, 0.25) is 0 Å². The van der Waals surface area contributed by atoms with Crippen molar-refractivity contribution in [3.05, 3.63) is 65.0 Å². The number of hydrogen-bond acceptors (Lipinski definition) is 2. The Bertz CT molecular complexity index is 614. The lowest BCUT2D eigenvalue weighted by atomic mass is 10.1. The molecule has 102 valence electrons. The van der Waals surface area contributed by atoms with E-state index in [1.54, 1.807) is 12.1 Å². The molecule has 20 heavy (non-hydrogen) atoms. The molecular weight excluding hydrogens is 253 g/mol. The van der Waals surface area contributed by atoms with Crippen molar-refractivity contribution in [1.82, 2.24) is 0 Å². The number of ether oxygens (including phenoxy) is 1. The molecule has 0 amide bonds. The van der Waals surface area contributed by atoms with Crippen LogP contribution in [0.25, 0.3) is 0 Å². The van der Waals surface area contributed by atoms with Gasteiger partial charge >= 0.3 is 0 Å². The Morgan fingerprint density at radius 2 is 1.90 bits per heavy atom. The van der Waals surface area contributed by atoms with Gasteiger partial charge in [0.1, 0.15) is 24.2 Å². The summed E-state index contributed by atoms with van der Waals surface area (Å²) in [7, 11) is 0. The third kappa shape index (κ3) is 3.36. The van der Waals surface area contributed by atoms with Gasteiger partial charge in [-0.1, -0.05) is 37.6 Å². The van der Waals surface area contributed by atoms with E-state index in [9.17, 15) is 4.39 Å². The largest absolute Gasteiger partial charge is 0.489 e. The van der Waals surface area contributed by atoms with Crippen LogP contribution < -0.4 is 4.74 Å². The molecule has 2 nitrogen and oxygen atoms in total. The number of benzene rings is 2. The molecule has 3 heteroatoms. The maximum atomic E-state index is 13.8. The second kappa shape index (κ2) is 6.72. The van der Waals surface area contributed by atoms with Crippen molar-refractivity contribution in [2.24, 2.45) is 0 Å². The van der Waals surface area contributed by atoms with Crippen LogP contribution >= 0.6 is 0 Å². The summed E-state index contributed by atoms with van der Waals surface area (Å²) in [5.41, 5.74) is 1.70. The van der Waals surface area contributed by atoms with Crippen LogP contribution in [0, 0.1) is 17.1 Å². The quantitative estimate of drug-likeness (QED) is 0.813. The van der Waals surface area contributed by atoms with Gasteiger partial charge in [-0.2, -0.15) is 5.26 Å². The van der Waals surface area contributed by atoms with E-state index in [1.165, 1.54) is 11.6 Å². The zero-order chi connectivity index (χ0) is 14.4. The molecule has 0 fully saturated rings. The minimum Gasteiger partial charge on any atom is -0.489 e. The van der Waals surface area contributed by atoms with Crippen LogP contribution in [0.15, 0.2) is 42.5 Å². The molecule has 0 aliphatic rings. The van der Waals surface area contributed by atoms with Gasteiger partial charge in [-0.15, -0.1) is 0 Å². The number of rotatable bonds is 5. The summed E-state index contributed by atoms with van der Waals surface area (Å²) in [6.07, 6.45) is 2.14. The minimum absolute atomic E-state index is 0.0457. The van der Waals surface area contributed by atoms with E-state index in [0.717, 1.165) is 12.8 Å². The van der Waals surface area contributed by atoms with E-state index in [-0.39, 0.29) is 12.2 Å². The van der Waals surface area contributed by atoms with Crippen LogP contribution in [-0.4, -0.2) is 0 Å². The average molecular weight is 269 g/mol. The number of aryl methyl sites for hydroxylation is 1. The summed E-state index contributed by atoms with van der Waals surface area (Å²) in [5.74, 6) is 0.198. The first-order valence-corrected chi connectivity index (χ1v) is 6.63. The van der Waals surface area contributed by atoms with Gasteiger partial charge in [0.05, 0.1) is 5.56 Å². The molecule has 0 unspecified atom stereocenters. The van der Waals surface area contributed by atoms with Gasteiger partial charge in [0.25, 0.3) is 0 Å². The number of halogens is 1. The van der Waals surface area contributed by atoms with Crippen LogP contribution in [0.5, 0.6) is 5.75 Å². The van der Waals surface area contributed by atoms with Crippen LogP contribution in [0.4, 0.5) is 4.39 Å². The SMILES string of the molecule is CCCc1ccc(OCc2cccc(C#N)c2F)cc1. The number of nitrogens with zero attached hydrogens (tertiary/aromatic N) is 1. The third-order valence-corrected chi connectivity index (χ3v) is 3.06. The molecule has 2 aromatic rings. The number of hydrogen-bond donors (Lipinski definition) is 0. The monoisotopic (exact) mass is 269 g/mol. The third-order valence-electron chi connectivity index (χ3n) is 3.06. The van der Waals surface area contributed by atoms with Gasteiger partial charge in [-0.3, -0.25) is 0 Å². The van der Waals surface area contributed by atoms with Crippen molar-refractivity contribution in [2.45, 2.75) is 26.4 Å². The van der Waals surface area contributed by atoms with Crippen LogP contribution in [0.3, 0.4) is 0 Å². The first kappa shape index (κ1) is 14.1. The highest BCUT2D eigenvalue weighted by Crippen LogP contribution is 2.17. The maximum absolute atomic E-state index is 13.8. The molecule has 0 saturated carbocycles. The summed E-state index contributed by atoms with van der Waals surface area (Å²) in [6, 6.07) is 14.4. The van der Waals surface area contributed by atoms with Crippen molar-refractivity contribution in [2.75, 3.05) is 0 Å². The van der Waals surface area contributed by atoms with Gasteiger partial charge in [-0.25, -0.2) is 4.39 Å². The number of nitriles is 1. The minimum atomic E-state index is -0.502. The molecule has 0 saturated heterocycles. The lowest BCUT2D eigenvalue weighted by Gasteiger charge is -2.08. The zero-order valence-electron chi connectivity index (χ0n) is 11.4. The van der Waals surface area contributed by atoms with Crippen molar-refractivity contribution in [1.29, 1.82) is 5.26 Å². The van der Waals surface area contributed by atoms with Crippen molar-refractivity contribution < 1.29 is 9.13 Å². The Morgan fingerprint density at radius 1 is 1.15 bits per heavy atom. The second-order valence-corrected chi connectivity index (χ2v) is 4.57. The lowest BCUT2D eigenvalue weighted by Crippen LogP contribution is -2.00. The molecule has 0 spiro atoms. The predicted octanol–water partition coefficient (Wildman–Crippen LogP) is 4.23. The van der Waals surface area contributed by atoms with Gasteiger partial charge in [0.15, 0.2) is 0 Å². The highest BCUT2D eigenvalue weighted by atomic mass is 19.1. The van der Waals surface area contributed by atoms with E-state index in [2.05, 4.69) is 6.92 Å². The highest BCUT2D eigenvalue weighted by molar-refractivity contribution is 5.35. The van der Waals surface area contributed by atoms with Crippen molar-refractivity contribution >= 4 is 0 Å². The standard InChI is InChI=1S/C17H16FNO/c1-2-4-13-7-9-16(10-8-13)20-12-15-6-3-5-14(11-19)17(15)18/h3,5-10H,2,4,12H2,1H3. The summed E-state index contributed by atoms with van der Waals surface area (Å²) in [5, 5.41) is 8.78. The van der Waals surface area contributed by atoms with Gasteiger partial charge < -0.3 is 4.74 Å². The van der Waals surface area contributed by atoms with E-state index < -0.39 is 5.82 Å². The second-order valence-electron chi connectivity index (χ2n) is 4.57. The van der Waals surface area contributed by atoms with Crippen molar-refractivity contribution in [3.8, 4) is 11.8 Å². The molecule has 0 aliphatic carbocycles. The normalized spacial score (nSPS) is 10.1. The van der Waals surface area contributed by atoms with E-state index in [1.807, 2.05) is 30.3 Å². The van der Waals surface area contributed by atoms with Crippen LogP contribution in [0.1, 0.15) is 30.0 Å². The van der Waals surface area contributed by atoms with Crippen LogP contribution in [-0.2, 0) is 13.0 Å². The molecular formula is C17H16FNO. The zero-order valence-corrected chi connectivity index (χ0v) is 11.4. The molecule has 0 aromatic heterocycles. The maximum Gasteiger partial charge on any atom is 0.147 e. The van der Waals surface area contributed by atoms with E-state index >= 15 is 0 Å². The summed E-state index contributed by atoms with van der Waals surface area (Å²) >= 11 is 0. The van der Waals surface area contributed by atoms with Crippen molar-refractivity contribution in [3.63, 3.8) is 0 Å². The molecule has 0 N–H and O–H groups in total. The molecule has 0 radical (unpaired) electrons. The Balaban J connectivity index is 2.04. The summed E-state index contributed by atoms with van der Waals surface area (Å²) in [4.78, 5) is 0. The fourth-order valence-corrected chi connectivity index (χ4v) is 1.98. The first-order valence-electron chi connectivity index (χ1n) is 6.63. The highest BCUT2D eigenvalue weighted by Gasteiger charge is 2.07.